The van der Waals surface area contributed by atoms with Gasteiger partial charge in [-0.1, -0.05) is 62.4 Å². The van der Waals surface area contributed by atoms with Crippen molar-refractivity contribution in [1.29, 1.82) is 0 Å². The summed E-state index contributed by atoms with van der Waals surface area (Å²) in [5.74, 6) is 2.32. The van der Waals surface area contributed by atoms with Gasteiger partial charge in [0, 0.05) is 6.42 Å². The molecule has 2 aliphatic rings. The van der Waals surface area contributed by atoms with Crippen LogP contribution in [0.25, 0.3) is 0 Å². The maximum absolute atomic E-state index is 9.46. The second-order valence-electron chi connectivity index (χ2n) is 9.00. The summed E-state index contributed by atoms with van der Waals surface area (Å²) in [6.07, 6.45) is 3.25. The Hall–Kier alpha value is -2.94. The fourth-order valence-corrected chi connectivity index (χ4v) is 4.60. The van der Waals surface area contributed by atoms with Crippen molar-refractivity contribution in [2.24, 2.45) is 0 Å². The van der Waals surface area contributed by atoms with Crippen molar-refractivity contribution in [2.45, 2.75) is 51.0 Å². The molecule has 0 saturated heterocycles. The van der Waals surface area contributed by atoms with Crippen LogP contribution in [0.2, 0.25) is 0 Å². The molecule has 0 bridgehead atoms. The number of aromatic hydroxyl groups is 1. The Bertz CT molecular complexity index is 982. The molecule has 0 saturated carbocycles. The number of para-hydroxylation sites is 2. The summed E-state index contributed by atoms with van der Waals surface area (Å²) >= 11 is 0. The molecule has 0 aromatic heterocycles. The maximum Gasteiger partial charge on any atom is 0.132 e. The molecule has 2 heterocycles. The van der Waals surface area contributed by atoms with Crippen molar-refractivity contribution in [2.75, 3.05) is 6.61 Å². The van der Waals surface area contributed by atoms with E-state index in [-0.39, 0.29) is 16.8 Å². The predicted molar refractivity (Wildman–Crippen MR) is 120 cm³/mol. The van der Waals surface area contributed by atoms with Gasteiger partial charge >= 0.3 is 0 Å². The number of rotatable bonds is 1. The van der Waals surface area contributed by atoms with E-state index in [1.807, 2.05) is 36.4 Å². The van der Waals surface area contributed by atoms with Crippen LogP contribution in [-0.2, 0) is 17.4 Å². The predicted octanol–water partition coefficient (Wildman–Crippen LogP) is 6.38. The van der Waals surface area contributed by atoms with Crippen LogP contribution in [0.3, 0.4) is 0 Å². The smallest absolute Gasteiger partial charge is 0.132 e. The van der Waals surface area contributed by atoms with Crippen molar-refractivity contribution >= 4 is 0 Å². The van der Waals surface area contributed by atoms with Crippen molar-refractivity contribution < 1.29 is 14.6 Å². The largest absolute Gasteiger partial charge is 0.508 e. The minimum Gasteiger partial charge on any atom is -0.508 e. The Morgan fingerprint density at radius 1 is 0.800 bits per heavy atom. The Balaban J connectivity index is 0.000000181. The van der Waals surface area contributed by atoms with Gasteiger partial charge < -0.3 is 14.6 Å². The lowest BCUT2D eigenvalue weighted by atomic mass is 9.71. The van der Waals surface area contributed by atoms with E-state index in [9.17, 15) is 5.11 Å². The normalized spacial score (nSPS) is 21.0. The van der Waals surface area contributed by atoms with E-state index >= 15 is 0 Å². The average molecular weight is 403 g/mol. The van der Waals surface area contributed by atoms with Crippen molar-refractivity contribution in [3.63, 3.8) is 0 Å². The van der Waals surface area contributed by atoms with E-state index in [0.29, 0.717) is 0 Å². The third-order valence-electron chi connectivity index (χ3n) is 6.03. The molecule has 0 aliphatic carbocycles. The van der Waals surface area contributed by atoms with Gasteiger partial charge in [0.05, 0.1) is 6.61 Å². The van der Waals surface area contributed by atoms with Crippen LogP contribution in [0.15, 0.2) is 72.8 Å². The lowest BCUT2D eigenvalue weighted by molar-refractivity contribution is 0.0325. The highest BCUT2D eigenvalue weighted by Gasteiger charge is 2.42. The summed E-state index contributed by atoms with van der Waals surface area (Å²) in [7, 11) is 0. The third-order valence-corrected chi connectivity index (χ3v) is 6.03. The molecule has 0 spiro atoms. The second kappa shape index (κ2) is 8.06. The number of hydrogen-bond donors (Lipinski definition) is 1. The summed E-state index contributed by atoms with van der Waals surface area (Å²) in [4.78, 5) is 0. The Kier molecular flexibility index (Phi) is 5.46. The molecule has 0 radical (unpaired) electrons. The highest BCUT2D eigenvalue weighted by atomic mass is 16.5. The van der Waals surface area contributed by atoms with E-state index in [1.165, 1.54) is 17.5 Å². The van der Waals surface area contributed by atoms with Crippen LogP contribution in [0.5, 0.6) is 17.2 Å². The number of fused-ring (bicyclic) bond motifs is 2. The van der Waals surface area contributed by atoms with Crippen LogP contribution >= 0.6 is 0 Å². The van der Waals surface area contributed by atoms with Crippen LogP contribution in [0, 0.1) is 0 Å². The Morgan fingerprint density at radius 3 is 2.20 bits per heavy atom. The summed E-state index contributed by atoms with van der Waals surface area (Å²) in [6, 6.07) is 23.8. The van der Waals surface area contributed by atoms with Gasteiger partial charge in [0.1, 0.15) is 22.8 Å². The molecule has 3 nitrogen and oxygen atoms in total. The van der Waals surface area contributed by atoms with E-state index in [2.05, 4.69) is 45.0 Å². The van der Waals surface area contributed by atoms with Crippen LogP contribution in [0.4, 0.5) is 0 Å². The molecule has 3 heteroatoms. The molecule has 30 heavy (non-hydrogen) atoms. The molecule has 156 valence electrons. The maximum atomic E-state index is 9.46. The van der Waals surface area contributed by atoms with E-state index in [4.69, 9.17) is 9.47 Å². The lowest BCUT2D eigenvalue weighted by Crippen LogP contribution is -2.41. The molecule has 1 unspecified atom stereocenters. The summed E-state index contributed by atoms with van der Waals surface area (Å²) in [5.41, 5.74) is 3.40. The number of hydrogen-bond acceptors (Lipinski definition) is 3. The number of benzene rings is 3. The van der Waals surface area contributed by atoms with Gasteiger partial charge in [-0.2, -0.15) is 0 Å². The molecule has 0 fully saturated rings. The van der Waals surface area contributed by atoms with Crippen molar-refractivity contribution in [3.05, 3.63) is 89.5 Å². The topological polar surface area (TPSA) is 38.7 Å². The molecule has 3 aromatic carbocycles. The Morgan fingerprint density at radius 2 is 1.47 bits per heavy atom. The van der Waals surface area contributed by atoms with E-state index < -0.39 is 0 Å². The zero-order valence-electron chi connectivity index (χ0n) is 18.0. The standard InChI is InChI=1S/C18H20O2.C9H10O/c1-17(2)12-18(3,13-8-10-14(19)11-9-13)20-16-7-5-4-6-15(16)17;1-2-6-9-8(4-1)5-3-7-10-9/h4-11,19H,12H2,1-3H3;1-2,4,6H,3,5,7H2. The van der Waals surface area contributed by atoms with Gasteiger partial charge in [-0.05, 0) is 66.1 Å². The number of aryl methyl sites for hydroxylation is 1. The zero-order valence-corrected chi connectivity index (χ0v) is 18.0. The van der Waals surface area contributed by atoms with Crippen molar-refractivity contribution in [1.82, 2.24) is 0 Å². The van der Waals surface area contributed by atoms with Gasteiger partial charge in [0.25, 0.3) is 0 Å². The van der Waals surface area contributed by atoms with Gasteiger partial charge in [0.2, 0.25) is 0 Å². The first kappa shape index (κ1) is 20.3. The van der Waals surface area contributed by atoms with Gasteiger partial charge in [-0.15, -0.1) is 0 Å². The molecule has 1 atom stereocenters. The Labute approximate surface area is 179 Å². The SMILES string of the molecule is CC1(C)CC(C)(c2ccc(O)cc2)Oc2ccccc21.c1ccc2c(c1)CCCO2. The molecule has 5 rings (SSSR count). The average Bonchev–Trinajstić information content (AvgIpc) is 2.74. The summed E-state index contributed by atoms with van der Waals surface area (Å²) in [6.45, 7) is 7.52. The van der Waals surface area contributed by atoms with Crippen molar-refractivity contribution in [3.8, 4) is 17.2 Å². The van der Waals surface area contributed by atoms with Crippen LogP contribution < -0.4 is 9.47 Å². The molecule has 2 aliphatic heterocycles. The summed E-state index contributed by atoms with van der Waals surface area (Å²) < 4.78 is 11.7. The molecular weight excluding hydrogens is 372 g/mol. The lowest BCUT2D eigenvalue weighted by Gasteiger charge is -2.44. The van der Waals surface area contributed by atoms with Crippen LogP contribution in [0.1, 0.15) is 50.3 Å². The first-order chi connectivity index (χ1) is 14.4. The quantitative estimate of drug-likeness (QED) is 0.513. The summed E-state index contributed by atoms with van der Waals surface area (Å²) in [5, 5.41) is 9.46. The zero-order chi connectivity index (χ0) is 21.2. The van der Waals surface area contributed by atoms with E-state index in [1.54, 1.807) is 12.1 Å². The number of phenolic OH excluding ortho intramolecular Hbond substituents is 1. The fourth-order valence-electron chi connectivity index (χ4n) is 4.60. The third kappa shape index (κ3) is 4.16. The molecule has 0 amide bonds. The minimum atomic E-state index is -0.369. The highest BCUT2D eigenvalue weighted by molar-refractivity contribution is 5.44. The first-order valence-electron chi connectivity index (χ1n) is 10.7. The fraction of sp³-hybridized carbons (Fsp3) is 0.333. The minimum absolute atomic E-state index is 0.0570. The molecular formula is C27H30O3. The van der Waals surface area contributed by atoms with Gasteiger partial charge in [0.15, 0.2) is 0 Å². The monoisotopic (exact) mass is 402 g/mol. The first-order valence-corrected chi connectivity index (χ1v) is 10.7. The van der Waals surface area contributed by atoms with Gasteiger partial charge in [-0.3, -0.25) is 0 Å². The van der Waals surface area contributed by atoms with Gasteiger partial charge in [-0.25, -0.2) is 0 Å². The second-order valence-corrected chi connectivity index (χ2v) is 9.00. The van der Waals surface area contributed by atoms with E-state index in [0.717, 1.165) is 36.5 Å². The number of phenols is 1. The molecule has 1 N–H and O–H groups in total. The molecule has 3 aromatic rings. The van der Waals surface area contributed by atoms with Crippen LogP contribution in [-0.4, -0.2) is 11.7 Å². The highest BCUT2D eigenvalue weighted by Crippen LogP contribution is 2.48. The number of ether oxygens (including phenoxy) is 2.